The Hall–Kier alpha value is -3.39. The van der Waals surface area contributed by atoms with Gasteiger partial charge >= 0.3 is 0 Å². The highest BCUT2D eigenvalue weighted by molar-refractivity contribution is 7.13. The van der Waals surface area contributed by atoms with Crippen LogP contribution < -0.4 is 10.1 Å². The van der Waals surface area contributed by atoms with E-state index in [2.05, 4.69) is 15.3 Å². The number of thiazole rings is 1. The van der Waals surface area contributed by atoms with Crippen molar-refractivity contribution in [1.82, 2.24) is 19.9 Å². The molecule has 1 fully saturated rings. The van der Waals surface area contributed by atoms with Crippen LogP contribution in [-0.2, 0) is 0 Å². The molecule has 0 aliphatic carbocycles. The van der Waals surface area contributed by atoms with Gasteiger partial charge in [-0.1, -0.05) is 6.07 Å². The van der Waals surface area contributed by atoms with Crippen LogP contribution in [-0.4, -0.2) is 39.4 Å². The lowest BCUT2D eigenvalue weighted by Crippen LogP contribution is -2.31. The molecule has 3 aromatic heterocycles. The minimum absolute atomic E-state index is 0.0147. The number of hydrogen-bond acceptors (Lipinski definition) is 6. The molecule has 1 saturated heterocycles. The molecule has 0 spiro atoms. The van der Waals surface area contributed by atoms with E-state index in [9.17, 15) is 4.79 Å². The van der Waals surface area contributed by atoms with Crippen LogP contribution in [0.25, 0.3) is 10.9 Å². The Morgan fingerprint density at radius 1 is 1.22 bits per heavy atom. The van der Waals surface area contributed by atoms with E-state index in [4.69, 9.17) is 9.72 Å². The van der Waals surface area contributed by atoms with Gasteiger partial charge in [0, 0.05) is 34.2 Å². The van der Waals surface area contributed by atoms with E-state index < -0.39 is 0 Å². The third-order valence-corrected chi connectivity index (χ3v) is 6.65. The molecule has 8 heteroatoms. The third-order valence-electron chi connectivity index (χ3n) is 5.77. The summed E-state index contributed by atoms with van der Waals surface area (Å²) in [7, 11) is 1.64. The molecule has 4 heterocycles. The molecule has 164 valence electrons. The summed E-state index contributed by atoms with van der Waals surface area (Å²) in [5, 5.41) is 7.16. The standard InChI is InChI=1S/C24H25N5O2S/c1-14-10-16(27-24-26-15(2)13-32-24)11-19(25-14)21-7-5-9-29(21)23(30)20-12-17-18(28-20)6-4-8-22(17)31-3/h4,6,8,10-13,21,28H,5,7,9H2,1-3H3,(H,25,26,27)/t21-/m0/s1. The molecule has 0 radical (unpaired) electrons. The summed E-state index contributed by atoms with van der Waals surface area (Å²) in [4.78, 5) is 27.9. The van der Waals surface area contributed by atoms with Crippen LogP contribution in [0.5, 0.6) is 5.75 Å². The number of amides is 1. The molecule has 0 saturated carbocycles. The summed E-state index contributed by atoms with van der Waals surface area (Å²) < 4.78 is 5.45. The summed E-state index contributed by atoms with van der Waals surface area (Å²) >= 11 is 1.57. The van der Waals surface area contributed by atoms with Crippen molar-refractivity contribution in [3.63, 3.8) is 0 Å². The number of ether oxygens (including phenoxy) is 1. The zero-order valence-corrected chi connectivity index (χ0v) is 19.1. The van der Waals surface area contributed by atoms with Crippen LogP contribution in [0, 0.1) is 13.8 Å². The molecule has 1 aliphatic heterocycles. The molecule has 1 aromatic carbocycles. The van der Waals surface area contributed by atoms with Crippen molar-refractivity contribution in [3.8, 4) is 5.75 Å². The molecule has 5 rings (SSSR count). The number of likely N-dealkylation sites (tertiary alicyclic amines) is 1. The van der Waals surface area contributed by atoms with Gasteiger partial charge in [-0.15, -0.1) is 11.3 Å². The van der Waals surface area contributed by atoms with Gasteiger partial charge in [0.15, 0.2) is 5.13 Å². The zero-order chi connectivity index (χ0) is 22.2. The lowest BCUT2D eigenvalue weighted by atomic mass is 10.1. The van der Waals surface area contributed by atoms with Gasteiger partial charge in [-0.05, 0) is 57.0 Å². The Morgan fingerprint density at radius 2 is 2.09 bits per heavy atom. The highest BCUT2D eigenvalue weighted by Gasteiger charge is 2.32. The van der Waals surface area contributed by atoms with E-state index in [1.165, 1.54) is 0 Å². The van der Waals surface area contributed by atoms with Crippen LogP contribution in [0.2, 0.25) is 0 Å². The van der Waals surface area contributed by atoms with Gasteiger partial charge in [0.1, 0.15) is 11.4 Å². The first-order valence-electron chi connectivity index (χ1n) is 10.7. The number of pyridine rings is 1. The predicted molar refractivity (Wildman–Crippen MR) is 127 cm³/mol. The van der Waals surface area contributed by atoms with Gasteiger partial charge in [-0.3, -0.25) is 9.78 Å². The monoisotopic (exact) mass is 447 g/mol. The average Bonchev–Trinajstić information content (AvgIpc) is 3.51. The van der Waals surface area contributed by atoms with Crippen LogP contribution in [0.15, 0.2) is 41.8 Å². The number of fused-ring (bicyclic) bond motifs is 1. The SMILES string of the molecule is COc1cccc2[nH]c(C(=O)N3CCC[C@H]3c3cc(Nc4nc(C)cs4)cc(C)n3)cc12. The van der Waals surface area contributed by atoms with E-state index in [1.807, 2.05) is 60.5 Å². The van der Waals surface area contributed by atoms with Crippen LogP contribution >= 0.6 is 11.3 Å². The molecule has 32 heavy (non-hydrogen) atoms. The number of aryl methyl sites for hydroxylation is 2. The Labute approximate surface area is 190 Å². The van der Waals surface area contributed by atoms with E-state index in [0.717, 1.165) is 57.4 Å². The summed E-state index contributed by atoms with van der Waals surface area (Å²) in [6.07, 6.45) is 1.84. The number of rotatable bonds is 5. The topological polar surface area (TPSA) is 83.1 Å². The summed E-state index contributed by atoms with van der Waals surface area (Å²) in [6.45, 7) is 4.67. The second kappa shape index (κ2) is 8.27. The maximum Gasteiger partial charge on any atom is 0.270 e. The van der Waals surface area contributed by atoms with E-state index in [0.29, 0.717) is 12.2 Å². The molecular weight excluding hydrogens is 422 g/mol. The summed E-state index contributed by atoms with van der Waals surface area (Å²) in [6, 6.07) is 11.6. The van der Waals surface area contributed by atoms with Gasteiger partial charge < -0.3 is 19.9 Å². The number of carbonyl (C=O) groups is 1. The summed E-state index contributed by atoms with van der Waals surface area (Å²) in [5.41, 5.74) is 5.21. The van der Waals surface area contributed by atoms with Crippen LogP contribution in [0.4, 0.5) is 10.8 Å². The fraction of sp³-hybridized carbons (Fsp3) is 0.292. The van der Waals surface area contributed by atoms with Crippen LogP contribution in [0.1, 0.15) is 46.5 Å². The van der Waals surface area contributed by atoms with Gasteiger partial charge in [0.2, 0.25) is 0 Å². The lowest BCUT2D eigenvalue weighted by Gasteiger charge is -2.24. The number of carbonyl (C=O) groups excluding carboxylic acids is 1. The van der Waals surface area contributed by atoms with Crippen molar-refractivity contribution in [2.24, 2.45) is 0 Å². The van der Waals surface area contributed by atoms with Gasteiger partial charge in [0.25, 0.3) is 5.91 Å². The van der Waals surface area contributed by atoms with E-state index in [-0.39, 0.29) is 11.9 Å². The number of aromatic amines is 1. The number of aromatic nitrogens is 3. The third kappa shape index (κ3) is 3.82. The second-order valence-corrected chi connectivity index (χ2v) is 8.96. The van der Waals surface area contributed by atoms with Gasteiger partial charge in [0.05, 0.1) is 24.5 Å². The fourth-order valence-corrected chi connectivity index (χ4v) is 5.07. The Bertz CT molecular complexity index is 1290. The largest absolute Gasteiger partial charge is 0.496 e. The molecule has 1 amide bonds. The number of anilines is 2. The molecule has 1 atom stereocenters. The van der Waals surface area contributed by atoms with Crippen molar-refractivity contribution in [1.29, 1.82) is 0 Å². The van der Waals surface area contributed by atoms with E-state index in [1.54, 1.807) is 18.4 Å². The summed E-state index contributed by atoms with van der Waals surface area (Å²) in [5.74, 6) is 0.739. The minimum atomic E-state index is -0.0608. The first-order valence-corrected chi connectivity index (χ1v) is 11.5. The Kier molecular flexibility index (Phi) is 5.30. The minimum Gasteiger partial charge on any atom is -0.496 e. The lowest BCUT2D eigenvalue weighted by molar-refractivity contribution is 0.0728. The predicted octanol–water partition coefficient (Wildman–Crippen LogP) is 5.37. The van der Waals surface area contributed by atoms with Crippen molar-refractivity contribution >= 4 is 39.0 Å². The number of nitrogens with one attached hydrogen (secondary N) is 2. The highest BCUT2D eigenvalue weighted by atomic mass is 32.1. The Morgan fingerprint density at radius 3 is 2.88 bits per heavy atom. The zero-order valence-electron chi connectivity index (χ0n) is 18.3. The Balaban J connectivity index is 1.44. The quantitative estimate of drug-likeness (QED) is 0.430. The maximum absolute atomic E-state index is 13.5. The molecule has 1 aliphatic rings. The average molecular weight is 448 g/mol. The number of hydrogen-bond donors (Lipinski definition) is 2. The first kappa shape index (κ1) is 20.5. The fourth-order valence-electron chi connectivity index (χ4n) is 4.36. The number of nitrogens with zero attached hydrogens (tertiary/aromatic N) is 3. The number of H-pyrrole nitrogens is 1. The van der Waals surface area contributed by atoms with Crippen molar-refractivity contribution in [2.45, 2.75) is 32.7 Å². The highest BCUT2D eigenvalue weighted by Crippen LogP contribution is 2.35. The molecule has 0 unspecified atom stereocenters. The molecule has 7 nitrogen and oxygen atoms in total. The molecular formula is C24H25N5O2S. The molecule has 4 aromatic rings. The first-order chi connectivity index (χ1) is 15.5. The molecule has 2 N–H and O–H groups in total. The number of methoxy groups -OCH3 is 1. The van der Waals surface area contributed by atoms with Gasteiger partial charge in [-0.2, -0.15) is 0 Å². The second-order valence-electron chi connectivity index (χ2n) is 8.10. The maximum atomic E-state index is 13.5. The number of benzene rings is 1. The van der Waals surface area contributed by atoms with Crippen molar-refractivity contribution in [3.05, 3.63) is 64.6 Å². The normalized spacial score (nSPS) is 16.0. The van der Waals surface area contributed by atoms with Crippen LogP contribution in [0.3, 0.4) is 0 Å². The van der Waals surface area contributed by atoms with Crippen molar-refractivity contribution < 1.29 is 9.53 Å². The van der Waals surface area contributed by atoms with Crippen molar-refractivity contribution in [2.75, 3.05) is 19.0 Å². The molecule has 0 bridgehead atoms. The smallest absolute Gasteiger partial charge is 0.270 e. The van der Waals surface area contributed by atoms with Gasteiger partial charge in [-0.25, -0.2) is 4.98 Å². The van der Waals surface area contributed by atoms with E-state index >= 15 is 0 Å².